The largest absolute Gasteiger partial charge is 0.480 e. The number of esters is 1. The van der Waals surface area contributed by atoms with E-state index in [0.717, 1.165) is 12.8 Å². The van der Waals surface area contributed by atoms with Crippen LogP contribution in [0.2, 0.25) is 0 Å². The monoisotopic (exact) mass is 334 g/mol. The van der Waals surface area contributed by atoms with Crippen molar-refractivity contribution < 1.29 is 23.8 Å². The van der Waals surface area contributed by atoms with Gasteiger partial charge in [-0.1, -0.05) is 0 Å². The highest BCUT2D eigenvalue weighted by Gasteiger charge is 2.48. The number of piperidine rings is 1. The summed E-state index contributed by atoms with van der Waals surface area (Å²) in [6.07, 6.45) is 2.94. The van der Waals surface area contributed by atoms with Crippen molar-refractivity contribution >= 4 is 11.9 Å². The molecule has 24 heavy (non-hydrogen) atoms. The summed E-state index contributed by atoms with van der Waals surface area (Å²) >= 11 is 0. The van der Waals surface area contributed by atoms with Crippen LogP contribution in [0, 0.1) is 0 Å². The van der Waals surface area contributed by atoms with E-state index in [4.69, 9.17) is 14.2 Å². The topological polar surface area (TPSA) is 78.0 Å². The Bertz CT molecular complexity index is 635. The van der Waals surface area contributed by atoms with Crippen molar-refractivity contribution in [3.63, 3.8) is 0 Å². The van der Waals surface area contributed by atoms with Gasteiger partial charge in [-0.05, 0) is 31.9 Å². The molecule has 0 spiro atoms. The Morgan fingerprint density at radius 1 is 1.33 bits per heavy atom. The Morgan fingerprint density at radius 2 is 2.12 bits per heavy atom. The second-order valence-corrected chi connectivity index (χ2v) is 6.19. The standard InChI is InChI=1S/C17H22N2O5/c1-10-6-7-13-12(9-14(24-13)17(21)23-3)19(10)16(20)11-5-4-8-18-15(11)22-2/h4-5,8,10,12-14H,6-7,9H2,1-3H3/t10-,12-,13+,14+/m1/s1. The Morgan fingerprint density at radius 3 is 2.83 bits per heavy atom. The molecule has 0 radical (unpaired) electrons. The van der Waals surface area contributed by atoms with Crippen LogP contribution in [0.3, 0.4) is 0 Å². The van der Waals surface area contributed by atoms with E-state index in [9.17, 15) is 9.59 Å². The summed E-state index contributed by atoms with van der Waals surface area (Å²) in [5.41, 5.74) is 0.425. The van der Waals surface area contributed by atoms with Crippen LogP contribution in [0.4, 0.5) is 0 Å². The van der Waals surface area contributed by atoms with E-state index in [1.165, 1.54) is 14.2 Å². The number of carbonyl (C=O) groups is 2. The van der Waals surface area contributed by atoms with Crippen LogP contribution in [0.1, 0.15) is 36.5 Å². The van der Waals surface area contributed by atoms with Gasteiger partial charge < -0.3 is 19.1 Å². The van der Waals surface area contributed by atoms with Crippen LogP contribution in [0.25, 0.3) is 0 Å². The lowest BCUT2D eigenvalue weighted by Gasteiger charge is -2.41. The number of amides is 1. The molecule has 1 aromatic heterocycles. The fourth-order valence-electron chi connectivity index (χ4n) is 3.64. The molecule has 0 saturated carbocycles. The number of rotatable bonds is 3. The van der Waals surface area contributed by atoms with Crippen LogP contribution in [0.15, 0.2) is 18.3 Å². The molecule has 7 heteroatoms. The van der Waals surface area contributed by atoms with Gasteiger partial charge >= 0.3 is 5.97 Å². The highest BCUT2D eigenvalue weighted by Crippen LogP contribution is 2.36. The molecule has 0 unspecified atom stereocenters. The molecule has 2 fully saturated rings. The molecule has 0 bridgehead atoms. The normalized spacial score (nSPS) is 29.0. The third-order valence-electron chi connectivity index (χ3n) is 4.82. The maximum Gasteiger partial charge on any atom is 0.335 e. The first-order valence-corrected chi connectivity index (χ1v) is 8.11. The van der Waals surface area contributed by atoms with Crippen LogP contribution in [0.5, 0.6) is 5.88 Å². The first kappa shape index (κ1) is 16.7. The average Bonchev–Trinajstić information content (AvgIpc) is 3.04. The highest BCUT2D eigenvalue weighted by atomic mass is 16.6. The van der Waals surface area contributed by atoms with Gasteiger partial charge in [0.1, 0.15) is 5.56 Å². The lowest BCUT2D eigenvalue weighted by atomic mass is 9.92. The number of aromatic nitrogens is 1. The quantitative estimate of drug-likeness (QED) is 0.778. The number of nitrogens with zero attached hydrogens (tertiary/aromatic N) is 2. The minimum atomic E-state index is -0.610. The van der Waals surface area contributed by atoms with Gasteiger partial charge in [-0.3, -0.25) is 4.79 Å². The predicted octanol–water partition coefficient (Wildman–Crippen LogP) is 1.41. The summed E-state index contributed by atoms with van der Waals surface area (Å²) in [4.78, 5) is 30.8. The van der Waals surface area contributed by atoms with Crippen molar-refractivity contribution in [1.29, 1.82) is 0 Å². The number of ether oxygens (including phenoxy) is 3. The number of hydrogen-bond donors (Lipinski definition) is 0. The van der Waals surface area contributed by atoms with E-state index in [2.05, 4.69) is 4.98 Å². The number of carbonyl (C=O) groups excluding carboxylic acids is 2. The van der Waals surface area contributed by atoms with Gasteiger partial charge in [0.05, 0.1) is 26.4 Å². The average molecular weight is 334 g/mol. The lowest BCUT2D eigenvalue weighted by molar-refractivity contribution is -0.153. The lowest BCUT2D eigenvalue weighted by Crippen LogP contribution is -2.53. The molecule has 0 N–H and O–H groups in total. The minimum absolute atomic E-state index is 0.0589. The summed E-state index contributed by atoms with van der Waals surface area (Å²) in [7, 11) is 2.84. The number of hydrogen-bond acceptors (Lipinski definition) is 6. The van der Waals surface area contributed by atoms with Crippen LogP contribution in [-0.2, 0) is 14.3 Å². The van der Waals surface area contributed by atoms with Gasteiger partial charge in [0.2, 0.25) is 5.88 Å². The van der Waals surface area contributed by atoms with E-state index in [0.29, 0.717) is 17.9 Å². The van der Waals surface area contributed by atoms with Crippen molar-refractivity contribution in [2.24, 2.45) is 0 Å². The van der Waals surface area contributed by atoms with Crippen molar-refractivity contribution in [2.45, 2.75) is 50.5 Å². The smallest absolute Gasteiger partial charge is 0.335 e. The van der Waals surface area contributed by atoms with E-state index in [-0.39, 0.29) is 30.1 Å². The molecule has 2 aliphatic heterocycles. The Hall–Kier alpha value is -2.15. The Labute approximate surface area is 140 Å². The van der Waals surface area contributed by atoms with Gasteiger partial charge in [-0.2, -0.15) is 0 Å². The summed E-state index contributed by atoms with van der Waals surface area (Å²) in [6, 6.07) is 3.33. The zero-order chi connectivity index (χ0) is 17.3. The Kier molecular flexibility index (Phi) is 4.71. The summed E-state index contributed by atoms with van der Waals surface area (Å²) < 4.78 is 15.8. The molecule has 2 saturated heterocycles. The summed E-state index contributed by atoms with van der Waals surface area (Å²) in [5, 5.41) is 0. The molecular weight excluding hydrogens is 312 g/mol. The maximum absolute atomic E-state index is 13.1. The fourth-order valence-corrected chi connectivity index (χ4v) is 3.64. The minimum Gasteiger partial charge on any atom is -0.480 e. The molecular formula is C17H22N2O5. The van der Waals surface area contributed by atoms with Crippen LogP contribution in [-0.4, -0.2) is 60.3 Å². The van der Waals surface area contributed by atoms with Crippen molar-refractivity contribution in [3.05, 3.63) is 23.9 Å². The van der Waals surface area contributed by atoms with Crippen LogP contribution >= 0.6 is 0 Å². The Balaban J connectivity index is 1.87. The highest BCUT2D eigenvalue weighted by molar-refractivity contribution is 5.97. The summed E-state index contributed by atoms with van der Waals surface area (Å²) in [6.45, 7) is 2.02. The van der Waals surface area contributed by atoms with E-state index in [1.54, 1.807) is 18.3 Å². The molecule has 1 amide bonds. The van der Waals surface area contributed by atoms with E-state index < -0.39 is 6.10 Å². The number of fused-ring (bicyclic) bond motifs is 1. The maximum atomic E-state index is 13.1. The third kappa shape index (κ3) is 2.84. The van der Waals surface area contributed by atoms with Crippen molar-refractivity contribution in [3.8, 4) is 5.88 Å². The zero-order valence-electron chi connectivity index (χ0n) is 14.1. The molecule has 1 aromatic rings. The van der Waals surface area contributed by atoms with Crippen LogP contribution < -0.4 is 4.74 Å². The van der Waals surface area contributed by atoms with Gasteiger partial charge in [0.15, 0.2) is 6.10 Å². The fraction of sp³-hybridized carbons (Fsp3) is 0.588. The first-order valence-electron chi connectivity index (χ1n) is 8.11. The molecule has 130 valence electrons. The molecule has 0 aromatic carbocycles. The second kappa shape index (κ2) is 6.76. The van der Waals surface area contributed by atoms with E-state index in [1.807, 2.05) is 11.8 Å². The number of pyridine rings is 1. The predicted molar refractivity (Wildman–Crippen MR) is 84.7 cm³/mol. The molecule has 3 rings (SSSR count). The van der Waals surface area contributed by atoms with Gasteiger partial charge in [-0.15, -0.1) is 0 Å². The number of methoxy groups -OCH3 is 2. The van der Waals surface area contributed by atoms with Crippen molar-refractivity contribution in [2.75, 3.05) is 14.2 Å². The van der Waals surface area contributed by atoms with Gasteiger partial charge in [0.25, 0.3) is 5.91 Å². The molecule has 3 heterocycles. The summed E-state index contributed by atoms with van der Waals surface area (Å²) in [5.74, 6) is -0.222. The zero-order valence-corrected chi connectivity index (χ0v) is 14.1. The molecule has 7 nitrogen and oxygen atoms in total. The third-order valence-corrected chi connectivity index (χ3v) is 4.82. The van der Waals surface area contributed by atoms with E-state index >= 15 is 0 Å². The van der Waals surface area contributed by atoms with Gasteiger partial charge in [0, 0.05) is 18.7 Å². The number of likely N-dealkylation sites (tertiary alicyclic amines) is 1. The first-order chi connectivity index (χ1) is 11.6. The SMILES string of the molecule is COC(=O)[C@@H]1C[C@@H]2[C@H](CC[C@@H](C)N2C(=O)c2cccnc2OC)O1. The molecule has 2 aliphatic rings. The second-order valence-electron chi connectivity index (χ2n) is 6.19. The van der Waals surface area contributed by atoms with Crippen molar-refractivity contribution in [1.82, 2.24) is 9.88 Å². The van der Waals surface area contributed by atoms with Gasteiger partial charge in [-0.25, -0.2) is 9.78 Å². The molecule has 4 atom stereocenters. The molecule has 0 aliphatic carbocycles.